The van der Waals surface area contributed by atoms with Crippen LogP contribution in [0.5, 0.6) is 0 Å². The first-order valence-corrected chi connectivity index (χ1v) is 12.1. The summed E-state index contributed by atoms with van der Waals surface area (Å²) in [5, 5.41) is 9.70. The fourth-order valence-electron chi connectivity index (χ4n) is 3.59. The molecule has 1 saturated heterocycles. The molecular weight excluding hydrogens is 380 g/mol. The molecule has 0 saturated carbocycles. The molecule has 6 heteroatoms. The Hall–Kier alpha value is -2.17. The summed E-state index contributed by atoms with van der Waals surface area (Å²) in [6, 6.07) is 16.6. The highest BCUT2D eigenvalue weighted by Gasteiger charge is 2.13. The maximum Gasteiger partial charge on any atom is 0.0998 e. The number of nitrogens with one attached hydrogen (secondary N) is 1. The lowest BCUT2D eigenvalue weighted by Gasteiger charge is -2.20. The molecule has 0 aromatic heterocycles. The number of benzene rings is 2. The van der Waals surface area contributed by atoms with Crippen molar-refractivity contribution in [3.8, 4) is 17.2 Å². The molecule has 0 amide bonds. The summed E-state index contributed by atoms with van der Waals surface area (Å²) in [4.78, 5) is 4.84. The summed E-state index contributed by atoms with van der Waals surface area (Å²) < 4.78 is 14.6. The number of hydrogen-bond donors (Lipinski definition) is 1. The largest absolute Gasteiger partial charge is 0.305 e. The van der Waals surface area contributed by atoms with Crippen LogP contribution in [0.1, 0.15) is 23.1 Å². The van der Waals surface area contributed by atoms with Crippen molar-refractivity contribution in [2.45, 2.75) is 19.5 Å². The van der Waals surface area contributed by atoms with Crippen LogP contribution in [0.4, 0.5) is 0 Å². The van der Waals surface area contributed by atoms with Gasteiger partial charge in [-0.2, -0.15) is 5.26 Å². The van der Waals surface area contributed by atoms with E-state index in [2.05, 4.69) is 45.6 Å². The molecule has 1 N–H and O–H groups in total. The minimum atomic E-state index is -2.22. The SMILES string of the molecule is C=S(C)(=O)NCc1ccc(-c2ccc(CN3CCCN(C)CC3)cc2C#N)cc1. The van der Waals surface area contributed by atoms with Crippen LogP contribution in [0.15, 0.2) is 42.5 Å². The van der Waals surface area contributed by atoms with Crippen molar-refractivity contribution in [3.63, 3.8) is 0 Å². The molecule has 1 atom stereocenters. The van der Waals surface area contributed by atoms with Crippen LogP contribution in [-0.2, 0) is 22.8 Å². The summed E-state index contributed by atoms with van der Waals surface area (Å²) in [6.45, 7) is 5.79. The number of hydrogen-bond acceptors (Lipinski definition) is 4. The second-order valence-electron chi connectivity index (χ2n) is 7.95. The first kappa shape index (κ1) is 21.5. The maximum absolute atomic E-state index is 11.7. The minimum absolute atomic E-state index is 0.508. The molecular formula is C23H30N4OS. The summed E-state index contributed by atoms with van der Waals surface area (Å²) >= 11 is 0. The van der Waals surface area contributed by atoms with Crippen LogP contribution in [0.25, 0.3) is 11.1 Å². The molecule has 1 unspecified atom stereocenters. The quantitative estimate of drug-likeness (QED) is 0.744. The molecule has 3 rings (SSSR count). The molecule has 29 heavy (non-hydrogen) atoms. The third-order valence-corrected chi connectivity index (χ3v) is 6.02. The number of likely N-dealkylation sites (N-methyl/N-ethyl adjacent to an activating group) is 1. The predicted molar refractivity (Wildman–Crippen MR) is 122 cm³/mol. The molecule has 1 aliphatic heterocycles. The topological polar surface area (TPSA) is 59.4 Å². The lowest BCUT2D eigenvalue weighted by Crippen LogP contribution is -2.28. The van der Waals surface area contributed by atoms with Gasteiger partial charge in [0, 0.05) is 42.1 Å². The van der Waals surface area contributed by atoms with Crippen LogP contribution >= 0.6 is 0 Å². The number of rotatable bonds is 6. The number of nitriles is 1. The average molecular weight is 411 g/mol. The Bertz CT molecular complexity index is 977. The fourth-order valence-corrected chi connectivity index (χ4v) is 4.06. The van der Waals surface area contributed by atoms with E-state index >= 15 is 0 Å². The fraction of sp³-hybridized carbons (Fsp3) is 0.391. The van der Waals surface area contributed by atoms with Crippen molar-refractivity contribution in [1.29, 1.82) is 5.26 Å². The van der Waals surface area contributed by atoms with Gasteiger partial charge < -0.3 is 4.90 Å². The molecule has 0 spiro atoms. The molecule has 2 aromatic carbocycles. The van der Waals surface area contributed by atoms with Gasteiger partial charge in [-0.3, -0.25) is 9.11 Å². The lowest BCUT2D eigenvalue weighted by molar-refractivity contribution is 0.269. The van der Waals surface area contributed by atoms with Gasteiger partial charge in [-0.25, -0.2) is 4.72 Å². The number of nitrogens with zero attached hydrogens (tertiary/aromatic N) is 3. The van der Waals surface area contributed by atoms with E-state index in [1.165, 1.54) is 12.0 Å². The molecule has 154 valence electrons. The van der Waals surface area contributed by atoms with Gasteiger partial charge in [-0.05, 0) is 60.7 Å². The third-order valence-electron chi connectivity index (χ3n) is 5.27. The minimum Gasteiger partial charge on any atom is -0.305 e. The maximum atomic E-state index is 11.7. The first-order chi connectivity index (χ1) is 13.8. The van der Waals surface area contributed by atoms with Crippen LogP contribution in [0.3, 0.4) is 0 Å². The molecule has 0 bridgehead atoms. The smallest absolute Gasteiger partial charge is 0.0998 e. The normalized spacial score (nSPS) is 18.0. The van der Waals surface area contributed by atoms with Crippen LogP contribution in [-0.4, -0.2) is 59.4 Å². The first-order valence-electron chi connectivity index (χ1n) is 9.94. The summed E-state index contributed by atoms with van der Waals surface area (Å²) in [7, 11) is -0.0438. The Balaban J connectivity index is 1.72. The van der Waals surface area contributed by atoms with Crippen molar-refractivity contribution >= 4 is 15.6 Å². The highest BCUT2D eigenvalue weighted by atomic mass is 32.2. The van der Waals surface area contributed by atoms with E-state index in [0.29, 0.717) is 12.1 Å². The van der Waals surface area contributed by atoms with Gasteiger partial charge in [0.1, 0.15) is 0 Å². The second-order valence-corrected chi connectivity index (χ2v) is 10.2. The van der Waals surface area contributed by atoms with Gasteiger partial charge in [-0.1, -0.05) is 36.4 Å². The highest BCUT2D eigenvalue weighted by Crippen LogP contribution is 2.25. The van der Waals surface area contributed by atoms with E-state index < -0.39 is 9.71 Å². The Morgan fingerprint density at radius 2 is 1.83 bits per heavy atom. The van der Waals surface area contributed by atoms with Gasteiger partial charge >= 0.3 is 0 Å². The Labute approximate surface area is 175 Å². The lowest BCUT2D eigenvalue weighted by atomic mass is 9.97. The van der Waals surface area contributed by atoms with E-state index in [0.717, 1.165) is 49.4 Å². The Morgan fingerprint density at radius 3 is 2.52 bits per heavy atom. The highest BCUT2D eigenvalue weighted by molar-refractivity contribution is 7.97. The third kappa shape index (κ3) is 6.41. The zero-order valence-corrected chi connectivity index (χ0v) is 18.2. The van der Waals surface area contributed by atoms with Gasteiger partial charge in [0.25, 0.3) is 0 Å². The molecule has 2 aromatic rings. The van der Waals surface area contributed by atoms with Gasteiger partial charge in [0.2, 0.25) is 0 Å². The van der Waals surface area contributed by atoms with Crippen molar-refractivity contribution < 1.29 is 4.21 Å². The van der Waals surface area contributed by atoms with Crippen LogP contribution in [0.2, 0.25) is 0 Å². The summed E-state index contributed by atoms with van der Waals surface area (Å²) in [5.74, 6) is 3.61. The van der Waals surface area contributed by atoms with Gasteiger partial charge in [0.15, 0.2) is 0 Å². The monoisotopic (exact) mass is 410 g/mol. The Morgan fingerprint density at radius 1 is 1.10 bits per heavy atom. The van der Waals surface area contributed by atoms with Crippen molar-refractivity contribution in [1.82, 2.24) is 14.5 Å². The summed E-state index contributed by atoms with van der Waals surface area (Å²) in [6.07, 6.45) is 2.77. The zero-order chi connectivity index (χ0) is 20.9. The molecule has 0 radical (unpaired) electrons. The van der Waals surface area contributed by atoms with Crippen molar-refractivity contribution in [2.24, 2.45) is 0 Å². The standard InChI is InChI=1S/C23H30N4OS/c1-26-11-4-12-27(14-13-26)18-20-7-10-23(22(15-20)16-24)21-8-5-19(6-9-21)17-25-29(2,3)28/h5-10,15H,2,4,11-14,17-18H2,1,3H3,(H,25,28). The van der Waals surface area contributed by atoms with Crippen LogP contribution < -0.4 is 4.72 Å². The molecule has 1 heterocycles. The molecule has 5 nitrogen and oxygen atoms in total. The predicted octanol–water partition coefficient (Wildman–Crippen LogP) is 2.71. The Kier molecular flexibility index (Phi) is 7.09. The average Bonchev–Trinajstić information content (AvgIpc) is 2.90. The zero-order valence-electron chi connectivity index (χ0n) is 17.4. The van der Waals surface area contributed by atoms with E-state index in [1.54, 1.807) is 6.26 Å². The van der Waals surface area contributed by atoms with E-state index in [-0.39, 0.29) is 0 Å². The van der Waals surface area contributed by atoms with Gasteiger partial charge in [-0.15, -0.1) is 0 Å². The van der Waals surface area contributed by atoms with E-state index in [1.807, 2.05) is 30.3 Å². The molecule has 0 aliphatic carbocycles. The van der Waals surface area contributed by atoms with E-state index in [4.69, 9.17) is 0 Å². The molecule has 1 aliphatic rings. The molecule has 1 fully saturated rings. The van der Waals surface area contributed by atoms with Crippen molar-refractivity contribution in [2.75, 3.05) is 39.5 Å². The van der Waals surface area contributed by atoms with Gasteiger partial charge in [0.05, 0.1) is 11.6 Å². The van der Waals surface area contributed by atoms with Crippen LogP contribution in [0, 0.1) is 11.3 Å². The van der Waals surface area contributed by atoms with E-state index in [9.17, 15) is 9.47 Å². The summed E-state index contributed by atoms with van der Waals surface area (Å²) in [5.41, 5.74) is 4.88. The second kappa shape index (κ2) is 9.55. The van der Waals surface area contributed by atoms with Crippen molar-refractivity contribution in [3.05, 3.63) is 59.2 Å².